The van der Waals surface area contributed by atoms with Crippen molar-refractivity contribution < 1.29 is 4.79 Å². The molecule has 0 fully saturated rings. The maximum Gasteiger partial charge on any atom is 0.276 e. The molecule has 138 valence electrons. The molecule has 0 aliphatic carbocycles. The van der Waals surface area contributed by atoms with Crippen LogP contribution in [0.25, 0.3) is 16.9 Å². The smallest absolute Gasteiger partial charge is 0.276 e. The van der Waals surface area contributed by atoms with Crippen LogP contribution in [0.3, 0.4) is 0 Å². The zero-order valence-electron chi connectivity index (χ0n) is 15.3. The van der Waals surface area contributed by atoms with Crippen LogP contribution in [-0.2, 0) is 0 Å². The minimum Gasteiger partial charge on any atom is -0.321 e. The van der Waals surface area contributed by atoms with Gasteiger partial charge in [-0.05, 0) is 43.3 Å². The number of hydrogen-bond acceptors (Lipinski definition) is 2. The molecule has 0 aliphatic rings. The fraction of sp³-hybridized carbons (Fsp3) is 0.0435. The molecule has 4 rings (SSSR count). The summed E-state index contributed by atoms with van der Waals surface area (Å²) >= 11 is 6.01. The zero-order chi connectivity index (χ0) is 19.5. The zero-order valence-corrected chi connectivity index (χ0v) is 16.0. The molecule has 5 heteroatoms. The van der Waals surface area contributed by atoms with Crippen molar-refractivity contribution in [2.75, 3.05) is 5.32 Å². The van der Waals surface area contributed by atoms with E-state index in [9.17, 15) is 4.79 Å². The van der Waals surface area contributed by atoms with Crippen molar-refractivity contribution in [3.05, 3.63) is 101 Å². The Morgan fingerprint density at radius 1 is 0.929 bits per heavy atom. The van der Waals surface area contributed by atoms with Crippen molar-refractivity contribution in [1.82, 2.24) is 9.78 Å². The number of amides is 1. The Hall–Kier alpha value is -3.37. The Kier molecular flexibility index (Phi) is 4.96. The fourth-order valence-corrected chi connectivity index (χ4v) is 3.14. The molecule has 1 aromatic heterocycles. The van der Waals surface area contributed by atoms with E-state index in [0.29, 0.717) is 16.4 Å². The molecule has 0 atom stereocenters. The van der Waals surface area contributed by atoms with Gasteiger partial charge in [0, 0.05) is 16.3 Å². The van der Waals surface area contributed by atoms with Gasteiger partial charge in [-0.15, -0.1) is 0 Å². The third-order valence-corrected chi connectivity index (χ3v) is 4.61. The molecule has 0 unspecified atom stereocenters. The third-order valence-electron chi connectivity index (χ3n) is 4.37. The molecule has 0 aliphatic heterocycles. The van der Waals surface area contributed by atoms with Gasteiger partial charge in [-0.25, -0.2) is 4.68 Å². The number of aromatic nitrogens is 2. The van der Waals surface area contributed by atoms with E-state index in [1.165, 1.54) is 5.56 Å². The summed E-state index contributed by atoms with van der Waals surface area (Å²) < 4.78 is 1.79. The summed E-state index contributed by atoms with van der Waals surface area (Å²) in [6.07, 6.45) is 0. The van der Waals surface area contributed by atoms with E-state index in [-0.39, 0.29) is 5.91 Å². The second-order valence-electron chi connectivity index (χ2n) is 6.49. The number of carbonyl (C=O) groups excluding carboxylic acids is 1. The normalized spacial score (nSPS) is 10.6. The lowest BCUT2D eigenvalue weighted by atomic mass is 10.1. The summed E-state index contributed by atoms with van der Waals surface area (Å²) in [5.41, 5.74) is 4.86. The van der Waals surface area contributed by atoms with Gasteiger partial charge in [0.05, 0.1) is 11.4 Å². The van der Waals surface area contributed by atoms with Crippen molar-refractivity contribution in [3.63, 3.8) is 0 Å². The number of halogens is 1. The predicted octanol–water partition coefficient (Wildman–Crippen LogP) is 5.75. The van der Waals surface area contributed by atoms with Crippen LogP contribution in [0.4, 0.5) is 5.69 Å². The number of nitrogens with one attached hydrogen (secondary N) is 1. The molecule has 0 spiro atoms. The maximum absolute atomic E-state index is 12.8. The largest absolute Gasteiger partial charge is 0.321 e. The van der Waals surface area contributed by atoms with Gasteiger partial charge in [0.1, 0.15) is 0 Å². The Morgan fingerprint density at radius 3 is 2.39 bits per heavy atom. The van der Waals surface area contributed by atoms with Crippen LogP contribution >= 0.6 is 11.6 Å². The number of rotatable bonds is 4. The van der Waals surface area contributed by atoms with Crippen LogP contribution in [0, 0.1) is 6.92 Å². The average Bonchev–Trinajstić information content (AvgIpc) is 3.15. The van der Waals surface area contributed by atoms with Crippen LogP contribution in [0.15, 0.2) is 84.9 Å². The number of benzene rings is 3. The Balaban J connectivity index is 1.74. The van der Waals surface area contributed by atoms with E-state index in [0.717, 1.165) is 16.9 Å². The standard InChI is InChI=1S/C23H18ClN3O/c1-16-10-12-17(13-11-16)22-15-21(26-27(22)20-8-3-2-4-9-20)23(28)25-19-7-5-6-18(24)14-19/h2-15H,1H3,(H,25,28). The van der Waals surface area contributed by atoms with Crippen molar-refractivity contribution in [1.29, 1.82) is 0 Å². The Bertz CT molecular complexity index is 1120. The molecule has 1 N–H and O–H groups in total. The van der Waals surface area contributed by atoms with Gasteiger partial charge >= 0.3 is 0 Å². The SMILES string of the molecule is Cc1ccc(-c2cc(C(=O)Nc3cccc(Cl)c3)nn2-c2ccccc2)cc1. The lowest BCUT2D eigenvalue weighted by Gasteiger charge is -2.07. The van der Waals surface area contributed by atoms with Crippen LogP contribution in [-0.4, -0.2) is 15.7 Å². The number of nitrogens with zero attached hydrogens (tertiary/aromatic N) is 2. The highest BCUT2D eigenvalue weighted by Gasteiger charge is 2.17. The highest BCUT2D eigenvalue weighted by molar-refractivity contribution is 6.30. The molecule has 4 nitrogen and oxygen atoms in total. The quantitative estimate of drug-likeness (QED) is 0.484. The van der Waals surface area contributed by atoms with Gasteiger partial charge in [0.15, 0.2) is 5.69 Å². The molecule has 0 saturated heterocycles. The van der Waals surface area contributed by atoms with Crippen LogP contribution in [0.2, 0.25) is 5.02 Å². The monoisotopic (exact) mass is 387 g/mol. The molecule has 1 amide bonds. The molecule has 28 heavy (non-hydrogen) atoms. The summed E-state index contributed by atoms with van der Waals surface area (Å²) in [6.45, 7) is 2.04. The fourth-order valence-electron chi connectivity index (χ4n) is 2.95. The Labute approximate surface area is 168 Å². The van der Waals surface area contributed by atoms with Crippen molar-refractivity contribution in [3.8, 4) is 16.9 Å². The molecule has 4 aromatic rings. The summed E-state index contributed by atoms with van der Waals surface area (Å²) in [5.74, 6) is -0.287. The predicted molar refractivity (Wildman–Crippen MR) is 113 cm³/mol. The lowest BCUT2D eigenvalue weighted by Crippen LogP contribution is -2.13. The first-order valence-corrected chi connectivity index (χ1v) is 9.27. The van der Waals surface area contributed by atoms with Crippen LogP contribution < -0.4 is 5.32 Å². The average molecular weight is 388 g/mol. The number of hydrogen-bond donors (Lipinski definition) is 1. The first-order valence-electron chi connectivity index (χ1n) is 8.89. The van der Waals surface area contributed by atoms with Gasteiger partial charge in [-0.2, -0.15) is 5.10 Å². The van der Waals surface area contributed by atoms with E-state index in [2.05, 4.69) is 10.4 Å². The van der Waals surface area contributed by atoms with Crippen LogP contribution in [0.1, 0.15) is 16.1 Å². The van der Waals surface area contributed by atoms with Gasteiger partial charge in [-0.1, -0.05) is 65.7 Å². The van der Waals surface area contributed by atoms with E-state index >= 15 is 0 Å². The minimum absolute atomic E-state index is 0.287. The number of aryl methyl sites for hydroxylation is 1. The van der Waals surface area contributed by atoms with E-state index in [1.54, 1.807) is 35.0 Å². The van der Waals surface area contributed by atoms with Gasteiger partial charge in [0.2, 0.25) is 0 Å². The summed E-state index contributed by atoms with van der Waals surface area (Å²) in [7, 11) is 0. The van der Waals surface area contributed by atoms with Crippen molar-refractivity contribution in [2.45, 2.75) is 6.92 Å². The molecular formula is C23H18ClN3O. The first kappa shape index (κ1) is 18.0. The number of carbonyl (C=O) groups is 1. The maximum atomic E-state index is 12.8. The van der Waals surface area contributed by atoms with Gasteiger partial charge in [0.25, 0.3) is 5.91 Å². The van der Waals surface area contributed by atoms with Crippen molar-refractivity contribution >= 4 is 23.2 Å². The second-order valence-corrected chi connectivity index (χ2v) is 6.93. The number of anilines is 1. The molecule has 1 heterocycles. The molecule has 0 radical (unpaired) electrons. The highest BCUT2D eigenvalue weighted by Crippen LogP contribution is 2.25. The molecule has 0 bridgehead atoms. The highest BCUT2D eigenvalue weighted by atomic mass is 35.5. The number of para-hydroxylation sites is 1. The summed E-state index contributed by atoms with van der Waals surface area (Å²) in [6, 6.07) is 26.8. The molecule has 3 aromatic carbocycles. The van der Waals surface area contributed by atoms with E-state index in [4.69, 9.17) is 11.6 Å². The third kappa shape index (κ3) is 3.82. The van der Waals surface area contributed by atoms with Crippen LogP contribution in [0.5, 0.6) is 0 Å². The Morgan fingerprint density at radius 2 is 1.68 bits per heavy atom. The second kappa shape index (κ2) is 7.71. The van der Waals surface area contributed by atoms with E-state index in [1.807, 2.05) is 61.5 Å². The molecule has 0 saturated carbocycles. The van der Waals surface area contributed by atoms with Gasteiger partial charge in [-0.3, -0.25) is 4.79 Å². The van der Waals surface area contributed by atoms with Crippen molar-refractivity contribution in [2.24, 2.45) is 0 Å². The topological polar surface area (TPSA) is 46.9 Å². The lowest BCUT2D eigenvalue weighted by molar-refractivity contribution is 0.102. The van der Waals surface area contributed by atoms with Gasteiger partial charge < -0.3 is 5.32 Å². The van der Waals surface area contributed by atoms with E-state index < -0.39 is 0 Å². The summed E-state index contributed by atoms with van der Waals surface area (Å²) in [4.78, 5) is 12.8. The summed E-state index contributed by atoms with van der Waals surface area (Å²) in [5, 5.41) is 7.98. The molecular weight excluding hydrogens is 370 g/mol. The minimum atomic E-state index is -0.287. The first-order chi connectivity index (χ1) is 13.6.